The van der Waals surface area contributed by atoms with Crippen LogP contribution in [0.25, 0.3) is 33.5 Å². The molecule has 0 unspecified atom stereocenters. The zero-order valence-electron chi connectivity index (χ0n) is 28.5. The van der Waals surface area contributed by atoms with Gasteiger partial charge in [0.05, 0.1) is 11.4 Å². The molecule has 0 saturated carbocycles. The molecule has 252 valence electrons. The molecule has 0 atom stereocenters. The second-order valence-electron chi connectivity index (χ2n) is 11.4. The number of hydrogen-bond acceptors (Lipinski definition) is 7. The van der Waals surface area contributed by atoms with E-state index >= 15 is 0 Å². The fourth-order valence-corrected chi connectivity index (χ4v) is 5.35. The number of aryl methyl sites for hydroxylation is 2. The highest BCUT2D eigenvalue weighted by molar-refractivity contribution is 5.93. The highest BCUT2D eigenvalue weighted by atomic mass is 35.5. The smallest absolute Gasteiger partial charge is 0.354 e. The van der Waals surface area contributed by atoms with Crippen molar-refractivity contribution in [3.63, 3.8) is 0 Å². The molecule has 0 fully saturated rings. The van der Waals surface area contributed by atoms with Crippen LogP contribution in [-0.2, 0) is 0 Å². The number of carboxylic acid groups (broad SMARTS) is 1. The molecule has 4 aromatic heterocycles. The lowest BCUT2D eigenvalue weighted by molar-refractivity contribution is 0.0690. The van der Waals surface area contributed by atoms with Crippen LogP contribution in [-0.4, -0.2) is 60.3 Å². The Hall–Kier alpha value is -5.13. The van der Waals surface area contributed by atoms with Crippen LogP contribution in [0.2, 0.25) is 0 Å². The number of nitrogens with two attached hydrogens (primary N) is 1. The van der Waals surface area contributed by atoms with E-state index in [0.717, 1.165) is 50.7 Å². The molecule has 0 bridgehead atoms. The van der Waals surface area contributed by atoms with Crippen molar-refractivity contribution in [1.82, 2.24) is 34.5 Å². The van der Waals surface area contributed by atoms with Crippen molar-refractivity contribution in [1.29, 1.82) is 0 Å². The van der Waals surface area contributed by atoms with Crippen LogP contribution in [0.1, 0.15) is 83.3 Å². The Morgan fingerprint density at radius 2 is 1.08 bits per heavy atom. The molecule has 0 radical (unpaired) electrons. The van der Waals surface area contributed by atoms with Crippen LogP contribution < -0.4 is 11.1 Å². The third-order valence-electron chi connectivity index (χ3n) is 7.57. The van der Waals surface area contributed by atoms with Crippen molar-refractivity contribution >= 4 is 35.6 Å². The van der Waals surface area contributed by atoms with E-state index in [0.29, 0.717) is 11.3 Å². The molecule has 4 heterocycles. The van der Waals surface area contributed by atoms with Gasteiger partial charge in [-0.15, -0.1) is 12.4 Å². The topological polar surface area (TPSA) is 153 Å². The largest absolute Gasteiger partial charge is 0.477 e. The molecular weight excluding hydrogens is 628 g/mol. The van der Waals surface area contributed by atoms with E-state index in [1.54, 1.807) is 17.6 Å². The molecule has 0 aliphatic rings. The monoisotopic (exact) mass is 670 g/mol. The predicted octanol–water partition coefficient (Wildman–Crippen LogP) is 6.71. The second-order valence-corrected chi connectivity index (χ2v) is 11.4. The number of carbonyl (C=O) groups excluding carboxylic acids is 1. The number of rotatable bonds is 6. The number of aromatic carboxylic acids is 1. The Balaban J connectivity index is 0.000000243. The minimum Gasteiger partial charge on any atom is -0.477 e. The highest BCUT2D eigenvalue weighted by Gasteiger charge is 2.21. The number of aromatic nitrogens is 6. The number of nitrogens with one attached hydrogen (secondary N) is 1. The van der Waals surface area contributed by atoms with Gasteiger partial charge >= 0.3 is 5.97 Å². The Morgan fingerprint density at radius 1 is 0.708 bits per heavy atom. The highest BCUT2D eigenvalue weighted by Crippen LogP contribution is 2.31. The zero-order chi connectivity index (χ0) is 34.4. The van der Waals surface area contributed by atoms with Gasteiger partial charge in [-0.1, -0.05) is 88.4 Å². The minimum atomic E-state index is -1.03. The first kappa shape index (κ1) is 37.3. The number of nitrogens with zero attached hydrogens (tertiary/aromatic N) is 6. The number of amides is 1. The van der Waals surface area contributed by atoms with Crippen LogP contribution in [0.3, 0.4) is 0 Å². The van der Waals surface area contributed by atoms with Gasteiger partial charge in [-0.2, -0.15) is 10.2 Å². The summed E-state index contributed by atoms with van der Waals surface area (Å²) in [6, 6.07) is 23.2. The van der Waals surface area contributed by atoms with Crippen LogP contribution >= 0.6 is 12.4 Å². The molecule has 11 nitrogen and oxygen atoms in total. The first-order chi connectivity index (χ1) is 22.5. The molecule has 48 heavy (non-hydrogen) atoms. The lowest BCUT2D eigenvalue weighted by atomic mass is 10.1. The average molecular weight is 671 g/mol. The molecule has 0 aliphatic heterocycles. The summed E-state index contributed by atoms with van der Waals surface area (Å²) in [5.41, 5.74) is 13.7. The maximum atomic E-state index is 12.1. The summed E-state index contributed by atoms with van der Waals surface area (Å²) in [6.45, 7) is 12.1. The van der Waals surface area contributed by atoms with Gasteiger partial charge in [0, 0.05) is 29.6 Å². The lowest BCUT2D eigenvalue weighted by Gasteiger charge is -2.10. The summed E-state index contributed by atoms with van der Waals surface area (Å²) in [7, 11) is 3.11. The van der Waals surface area contributed by atoms with E-state index < -0.39 is 5.97 Å². The molecule has 0 saturated heterocycles. The maximum Gasteiger partial charge on any atom is 0.354 e. The molecule has 6 rings (SSSR count). The molecule has 4 N–H and O–H groups in total. The summed E-state index contributed by atoms with van der Waals surface area (Å²) in [6.07, 6.45) is 0. The van der Waals surface area contributed by atoms with Crippen molar-refractivity contribution in [3.8, 4) is 22.3 Å². The van der Waals surface area contributed by atoms with Gasteiger partial charge in [-0.05, 0) is 56.0 Å². The summed E-state index contributed by atoms with van der Waals surface area (Å²) >= 11 is 0. The summed E-state index contributed by atoms with van der Waals surface area (Å²) in [5, 5.41) is 21.2. The van der Waals surface area contributed by atoms with Crippen molar-refractivity contribution in [2.24, 2.45) is 5.73 Å². The third-order valence-corrected chi connectivity index (χ3v) is 7.57. The van der Waals surface area contributed by atoms with E-state index in [1.807, 2.05) is 98.9 Å². The van der Waals surface area contributed by atoms with Gasteiger partial charge in [-0.25, -0.2) is 23.8 Å². The fourth-order valence-electron chi connectivity index (χ4n) is 5.35. The third kappa shape index (κ3) is 7.53. The number of hydrogen-bond donors (Lipinski definition) is 3. The van der Waals surface area contributed by atoms with Gasteiger partial charge < -0.3 is 16.2 Å². The van der Waals surface area contributed by atoms with E-state index in [9.17, 15) is 14.7 Å². The number of carbonyl (C=O) groups is 2. The average Bonchev–Trinajstić information content (AvgIpc) is 3.59. The summed E-state index contributed by atoms with van der Waals surface area (Å²) < 4.78 is 3.61. The lowest BCUT2D eigenvalue weighted by Crippen LogP contribution is -2.20. The van der Waals surface area contributed by atoms with Crippen LogP contribution in [0.15, 0.2) is 72.8 Å². The van der Waals surface area contributed by atoms with Crippen molar-refractivity contribution in [2.75, 3.05) is 14.1 Å². The minimum absolute atomic E-state index is 0. The molecule has 2 aromatic carbocycles. The summed E-state index contributed by atoms with van der Waals surface area (Å²) in [5.74, 6) is -0.840. The van der Waals surface area contributed by atoms with Gasteiger partial charge in [0.2, 0.25) is 0 Å². The first-order valence-electron chi connectivity index (χ1n) is 15.5. The Bertz CT molecular complexity index is 2020. The van der Waals surface area contributed by atoms with Gasteiger partial charge in [0.15, 0.2) is 17.0 Å². The quantitative estimate of drug-likeness (QED) is 0.177. The van der Waals surface area contributed by atoms with Gasteiger partial charge in [-0.3, -0.25) is 4.79 Å². The van der Waals surface area contributed by atoms with Gasteiger partial charge in [0.1, 0.15) is 5.69 Å². The van der Waals surface area contributed by atoms with E-state index in [-0.39, 0.29) is 35.8 Å². The van der Waals surface area contributed by atoms with Crippen molar-refractivity contribution in [2.45, 2.75) is 53.4 Å². The molecular formula is C36H43ClN8O3. The van der Waals surface area contributed by atoms with Crippen LogP contribution in [0.5, 0.6) is 0 Å². The SMILES string of the molecule is CN.CNC(=O)c1cc(C(C)C)n2nc(C)c(-c3ccccc3)c2n1.Cc1nn2c(C(C)C)cc(C(=O)O)nc2c1-c1ccccc1.Cl. The molecule has 0 spiro atoms. The molecule has 6 aromatic rings. The molecule has 1 amide bonds. The van der Waals surface area contributed by atoms with Crippen molar-refractivity contribution < 1.29 is 14.7 Å². The molecule has 12 heteroatoms. The normalized spacial score (nSPS) is 10.6. The van der Waals surface area contributed by atoms with Crippen molar-refractivity contribution in [3.05, 3.63) is 107 Å². The predicted molar refractivity (Wildman–Crippen MR) is 192 cm³/mol. The second kappa shape index (κ2) is 16.1. The Labute approximate surface area is 286 Å². The number of fused-ring (bicyclic) bond motifs is 2. The van der Waals surface area contributed by atoms with E-state index in [2.05, 4.69) is 45.1 Å². The van der Waals surface area contributed by atoms with E-state index in [4.69, 9.17) is 0 Å². The first-order valence-corrected chi connectivity index (χ1v) is 15.5. The van der Waals surface area contributed by atoms with Crippen LogP contribution in [0, 0.1) is 13.8 Å². The van der Waals surface area contributed by atoms with Crippen LogP contribution in [0.4, 0.5) is 0 Å². The Kier molecular flexibility index (Phi) is 12.5. The number of benzene rings is 2. The molecule has 0 aliphatic carbocycles. The Morgan fingerprint density at radius 3 is 1.44 bits per heavy atom. The zero-order valence-corrected chi connectivity index (χ0v) is 29.3. The van der Waals surface area contributed by atoms with E-state index in [1.165, 1.54) is 7.05 Å². The maximum absolute atomic E-state index is 12.1. The number of carboxylic acids is 1. The standard InChI is InChI=1S/C18H20N4O.C17H17N3O2.CH5N.ClH/c1-11(2)15-10-14(18(23)19-4)20-17-16(12(3)21-22(15)17)13-8-6-5-7-9-13;1-10(2)14-9-13(17(21)22)18-16-15(11(3)19-20(14)16)12-7-5-4-6-8-12;1-2;/h5-11H,1-4H3,(H,19,23);4-10H,1-3H3,(H,21,22);2H2,1H3;1H. The summed E-state index contributed by atoms with van der Waals surface area (Å²) in [4.78, 5) is 32.4. The number of halogens is 1. The fraction of sp³-hybridized carbons (Fsp3) is 0.278. The van der Waals surface area contributed by atoms with Gasteiger partial charge in [0.25, 0.3) is 5.91 Å².